The number of nitrogens with zero attached hydrogens (tertiary/aromatic N) is 3. The number of benzene rings is 1. The maximum Gasteiger partial charge on any atom is 0.209 e. The molecule has 0 N–H and O–H groups in total. The molecule has 1 saturated heterocycles. The molecule has 3 heterocycles. The van der Waals surface area contributed by atoms with Crippen LogP contribution < -0.4 is 0 Å². The first-order valence-electron chi connectivity index (χ1n) is 10.2. The third kappa shape index (κ3) is 4.33. The van der Waals surface area contributed by atoms with Crippen LogP contribution in [0.15, 0.2) is 40.4 Å². The minimum absolute atomic E-state index is 0.00646. The summed E-state index contributed by atoms with van der Waals surface area (Å²) in [6, 6.07) is 5.03. The van der Waals surface area contributed by atoms with Gasteiger partial charge in [0.1, 0.15) is 10.7 Å². The molecule has 4 rings (SSSR count). The third-order valence-electron chi connectivity index (χ3n) is 5.56. The summed E-state index contributed by atoms with van der Waals surface area (Å²) in [5, 5.41) is -0.0129. The van der Waals surface area contributed by atoms with Crippen LogP contribution in [-0.2, 0) is 26.5 Å². The molecule has 1 aliphatic rings. The van der Waals surface area contributed by atoms with E-state index in [4.69, 9.17) is 32.9 Å². The minimum Gasteiger partial charge on any atom is -0.381 e. The van der Waals surface area contributed by atoms with Gasteiger partial charge in [0.2, 0.25) is 9.84 Å². The topological polar surface area (TPSA) is 74.1 Å². The first-order valence-corrected chi connectivity index (χ1v) is 12.5. The fraction of sp³-hybridized carbons (Fsp3) is 0.455. The molecular formula is C22H25Cl2N3O3S. The Labute approximate surface area is 192 Å². The minimum atomic E-state index is -3.93. The Morgan fingerprint density at radius 1 is 1.13 bits per heavy atom. The molecule has 0 bridgehead atoms. The summed E-state index contributed by atoms with van der Waals surface area (Å²) in [5.41, 5.74) is 1.36. The van der Waals surface area contributed by atoms with Gasteiger partial charge in [-0.15, -0.1) is 0 Å². The van der Waals surface area contributed by atoms with Crippen molar-refractivity contribution in [2.24, 2.45) is 5.92 Å². The van der Waals surface area contributed by atoms with Crippen LogP contribution in [0.1, 0.15) is 39.4 Å². The van der Waals surface area contributed by atoms with Gasteiger partial charge in [0.25, 0.3) is 0 Å². The van der Waals surface area contributed by atoms with Crippen molar-refractivity contribution >= 4 is 44.1 Å². The van der Waals surface area contributed by atoms with Crippen LogP contribution in [0, 0.1) is 5.92 Å². The van der Waals surface area contributed by atoms with Crippen molar-refractivity contribution in [1.82, 2.24) is 14.5 Å². The molecule has 0 radical (unpaired) electrons. The lowest BCUT2D eigenvalue weighted by Gasteiger charge is -2.26. The monoisotopic (exact) mass is 481 g/mol. The van der Waals surface area contributed by atoms with Gasteiger partial charge < -0.3 is 9.30 Å². The van der Waals surface area contributed by atoms with Gasteiger partial charge in [-0.3, -0.25) is 4.98 Å². The molecular weight excluding hydrogens is 457 g/mol. The standard InChI is InChI=1S/C22H25Cl2N3O3S/c1-22(2,3)21-26-18-10-15(31(28,29)20-16(23)11-25-12-17(20)24)4-5-19(18)27(21)13-14-6-8-30-9-7-14/h4-5,10-12,14H,6-9,13H2,1-3H3. The fourth-order valence-corrected chi connectivity index (χ4v) is 6.34. The molecule has 166 valence electrons. The summed E-state index contributed by atoms with van der Waals surface area (Å²) < 4.78 is 34.3. The molecule has 1 aliphatic heterocycles. The zero-order valence-corrected chi connectivity index (χ0v) is 20.1. The molecule has 0 saturated carbocycles. The number of hydrogen-bond acceptors (Lipinski definition) is 5. The highest BCUT2D eigenvalue weighted by Gasteiger charge is 2.28. The van der Waals surface area contributed by atoms with Crippen molar-refractivity contribution in [2.75, 3.05) is 13.2 Å². The highest BCUT2D eigenvalue weighted by atomic mass is 35.5. The molecule has 0 amide bonds. The maximum absolute atomic E-state index is 13.3. The molecule has 1 aromatic carbocycles. The zero-order valence-electron chi connectivity index (χ0n) is 17.7. The van der Waals surface area contributed by atoms with Gasteiger partial charge in [0.15, 0.2) is 0 Å². The smallest absolute Gasteiger partial charge is 0.209 e. The SMILES string of the molecule is CC(C)(C)c1nc2cc(S(=O)(=O)c3c(Cl)cncc3Cl)ccc2n1CC1CCOCC1. The summed E-state index contributed by atoms with van der Waals surface area (Å²) in [6.45, 7) is 8.73. The van der Waals surface area contributed by atoms with E-state index in [1.165, 1.54) is 12.4 Å². The van der Waals surface area contributed by atoms with Gasteiger partial charge in [-0.1, -0.05) is 44.0 Å². The van der Waals surface area contributed by atoms with Crippen molar-refractivity contribution in [1.29, 1.82) is 0 Å². The van der Waals surface area contributed by atoms with Gasteiger partial charge in [-0.2, -0.15) is 0 Å². The molecule has 6 nitrogen and oxygen atoms in total. The molecule has 0 unspecified atom stereocenters. The van der Waals surface area contributed by atoms with Gasteiger partial charge in [0, 0.05) is 37.6 Å². The maximum atomic E-state index is 13.3. The summed E-state index contributed by atoms with van der Waals surface area (Å²) in [6.07, 6.45) is 4.57. The Bertz CT molecular complexity index is 1210. The van der Waals surface area contributed by atoms with E-state index in [2.05, 4.69) is 30.3 Å². The van der Waals surface area contributed by atoms with Crippen molar-refractivity contribution in [3.63, 3.8) is 0 Å². The number of ether oxygens (including phenoxy) is 1. The highest BCUT2D eigenvalue weighted by molar-refractivity contribution is 7.91. The first kappa shape index (κ1) is 22.5. The Kier molecular flexibility index (Phi) is 6.07. The first-order chi connectivity index (χ1) is 14.6. The van der Waals surface area contributed by atoms with E-state index >= 15 is 0 Å². The Hall–Kier alpha value is -1.67. The van der Waals surface area contributed by atoms with Crippen LogP contribution in [0.5, 0.6) is 0 Å². The second kappa shape index (κ2) is 8.35. The van der Waals surface area contributed by atoms with Gasteiger partial charge >= 0.3 is 0 Å². The molecule has 9 heteroatoms. The predicted molar refractivity (Wildman–Crippen MR) is 122 cm³/mol. The summed E-state index contributed by atoms with van der Waals surface area (Å²) in [7, 11) is -3.93. The quantitative estimate of drug-likeness (QED) is 0.505. The van der Waals surface area contributed by atoms with Crippen LogP contribution in [-0.4, -0.2) is 36.2 Å². The van der Waals surface area contributed by atoms with Crippen molar-refractivity contribution < 1.29 is 13.2 Å². The summed E-state index contributed by atoms with van der Waals surface area (Å²) in [4.78, 5) is 8.66. The van der Waals surface area contributed by atoms with Crippen LogP contribution in [0.4, 0.5) is 0 Å². The van der Waals surface area contributed by atoms with Gasteiger partial charge in [-0.05, 0) is 37.0 Å². The van der Waals surface area contributed by atoms with E-state index in [0.717, 1.165) is 43.9 Å². The number of fused-ring (bicyclic) bond motifs is 1. The predicted octanol–water partition coefficient (Wildman–Crippen LogP) is 5.30. The average molecular weight is 482 g/mol. The van der Waals surface area contributed by atoms with Crippen molar-refractivity contribution in [3.8, 4) is 0 Å². The molecule has 0 spiro atoms. The second-order valence-corrected chi connectivity index (χ2v) is 11.6. The summed E-state index contributed by atoms with van der Waals surface area (Å²) in [5.74, 6) is 1.44. The largest absolute Gasteiger partial charge is 0.381 e. The Morgan fingerprint density at radius 2 is 1.77 bits per heavy atom. The number of rotatable bonds is 4. The number of sulfone groups is 1. The molecule has 2 aromatic heterocycles. The van der Waals surface area contributed by atoms with Gasteiger partial charge in [-0.25, -0.2) is 13.4 Å². The number of halogens is 2. The molecule has 0 aliphatic carbocycles. The number of hydrogen-bond donors (Lipinski definition) is 0. The Morgan fingerprint density at radius 3 is 2.39 bits per heavy atom. The van der Waals surface area contributed by atoms with E-state index in [0.29, 0.717) is 11.4 Å². The lowest BCUT2D eigenvalue weighted by molar-refractivity contribution is 0.0611. The number of aromatic nitrogens is 3. The van der Waals surface area contributed by atoms with E-state index in [1.807, 2.05) is 6.07 Å². The molecule has 3 aromatic rings. The molecule has 0 atom stereocenters. The molecule has 31 heavy (non-hydrogen) atoms. The number of pyridine rings is 1. The molecule has 1 fully saturated rings. The zero-order chi connectivity index (χ0) is 22.4. The second-order valence-electron chi connectivity index (χ2n) is 8.94. The van der Waals surface area contributed by atoms with Crippen LogP contribution in [0.3, 0.4) is 0 Å². The van der Waals surface area contributed by atoms with Crippen molar-refractivity contribution in [2.45, 2.75) is 55.4 Å². The van der Waals surface area contributed by atoms with E-state index < -0.39 is 9.84 Å². The van der Waals surface area contributed by atoms with Gasteiger partial charge in [0.05, 0.1) is 26.0 Å². The number of imidazole rings is 1. The summed E-state index contributed by atoms with van der Waals surface area (Å²) >= 11 is 12.2. The van der Waals surface area contributed by atoms with E-state index in [-0.39, 0.29) is 25.3 Å². The highest BCUT2D eigenvalue weighted by Crippen LogP contribution is 2.35. The van der Waals surface area contributed by atoms with E-state index in [9.17, 15) is 8.42 Å². The normalized spacial score (nSPS) is 16.2. The lowest BCUT2D eigenvalue weighted by atomic mass is 9.94. The average Bonchev–Trinajstić information content (AvgIpc) is 3.07. The van der Waals surface area contributed by atoms with Crippen LogP contribution >= 0.6 is 23.2 Å². The lowest BCUT2D eigenvalue weighted by Crippen LogP contribution is -2.25. The van der Waals surface area contributed by atoms with Crippen molar-refractivity contribution in [3.05, 3.63) is 46.5 Å². The fourth-order valence-electron chi connectivity index (χ4n) is 4.00. The van der Waals surface area contributed by atoms with E-state index in [1.54, 1.807) is 12.1 Å². The van der Waals surface area contributed by atoms with Crippen LogP contribution in [0.2, 0.25) is 10.0 Å². The van der Waals surface area contributed by atoms with Crippen LogP contribution in [0.25, 0.3) is 11.0 Å². The third-order valence-corrected chi connectivity index (χ3v) is 8.21. The Balaban J connectivity index is 1.83.